The standard InChI is InChI=1S/C23H23ClN2O2S/c1-16-22(29-23(25-16)17-8-10-19(24)11-9-17)15-28-20-6-4-12-26(13-20)21-7-3-2-5-18(21)14-27/h2-3,5,7-11,14,20H,4,6,12-13,15H2,1H3. The van der Waals surface area contributed by atoms with Crippen molar-refractivity contribution in [1.82, 2.24) is 4.98 Å². The number of hydrogen-bond donors (Lipinski definition) is 0. The molecule has 1 unspecified atom stereocenters. The number of aromatic nitrogens is 1. The molecule has 3 aromatic rings. The van der Waals surface area contributed by atoms with Gasteiger partial charge in [-0.1, -0.05) is 35.9 Å². The van der Waals surface area contributed by atoms with Gasteiger partial charge in [0.05, 0.1) is 23.3 Å². The van der Waals surface area contributed by atoms with Crippen molar-refractivity contribution in [3.63, 3.8) is 0 Å². The molecule has 1 atom stereocenters. The van der Waals surface area contributed by atoms with Crippen molar-refractivity contribution in [2.24, 2.45) is 0 Å². The van der Waals surface area contributed by atoms with Crippen LogP contribution in [0.1, 0.15) is 33.8 Å². The first-order valence-electron chi connectivity index (χ1n) is 9.77. The second-order valence-corrected chi connectivity index (χ2v) is 8.75. The number of nitrogens with zero attached hydrogens (tertiary/aromatic N) is 2. The molecular formula is C23H23ClN2O2S. The average Bonchev–Trinajstić information content (AvgIpc) is 3.13. The fraction of sp³-hybridized carbons (Fsp3) is 0.304. The van der Waals surface area contributed by atoms with Crippen molar-refractivity contribution in [2.75, 3.05) is 18.0 Å². The Morgan fingerprint density at radius 3 is 2.83 bits per heavy atom. The van der Waals surface area contributed by atoms with Crippen LogP contribution in [0, 0.1) is 6.92 Å². The summed E-state index contributed by atoms with van der Waals surface area (Å²) in [5, 5.41) is 1.71. The van der Waals surface area contributed by atoms with Gasteiger partial charge in [0, 0.05) is 34.9 Å². The largest absolute Gasteiger partial charge is 0.371 e. The molecule has 6 heteroatoms. The second-order valence-electron chi connectivity index (χ2n) is 7.23. The summed E-state index contributed by atoms with van der Waals surface area (Å²) in [6, 6.07) is 15.5. The van der Waals surface area contributed by atoms with Gasteiger partial charge < -0.3 is 9.64 Å². The number of halogens is 1. The van der Waals surface area contributed by atoms with E-state index in [9.17, 15) is 4.79 Å². The number of carbonyl (C=O) groups is 1. The molecule has 1 fully saturated rings. The summed E-state index contributed by atoms with van der Waals surface area (Å²) >= 11 is 7.66. The molecule has 0 saturated carbocycles. The number of rotatable bonds is 6. The molecule has 1 saturated heterocycles. The van der Waals surface area contributed by atoms with Gasteiger partial charge in [-0.05, 0) is 44.0 Å². The van der Waals surface area contributed by atoms with Gasteiger partial charge in [0.15, 0.2) is 6.29 Å². The minimum absolute atomic E-state index is 0.143. The highest BCUT2D eigenvalue weighted by Gasteiger charge is 2.23. The quantitative estimate of drug-likeness (QED) is 0.469. The molecule has 4 nitrogen and oxygen atoms in total. The molecule has 0 amide bonds. The zero-order valence-electron chi connectivity index (χ0n) is 16.3. The monoisotopic (exact) mass is 426 g/mol. The first kappa shape index (κ1) is 20.1. The summed E-state index contributed by atoms with van der Waals surface area (Å²) in [6.07, 6.45) is 3.15. The van der Waals surface area contributed by atoms with Crippen LogP contribution in [0.25, 0.3) is 10.6 Å². The zero-order valence-corrected chi connectivity index (χ0v) is 17.9. The van der Waals surface area contributed by atoms with E-state index in [4.69, 9.17) is 21.3 Å². The molecule has 1 aliphatic rings. The predicted molar refractivity (Wildman–Crippen MR) is 119 cm³/mol. The Balaban J connectivity index is 1.41. The number of anilines is 1. The van der Waals surface area contributed by atoms with E-state index < -0.39 is 0 Å². The molecule has 2 heterocycles. The fourth-order valence-electron chi connectivity index (χ4n) is 3.64. The van der Waals surface area contributed by atoms with Crippen molar-refractivity contribution >= 4 is 34.9 Å². The average molecular weight is 427 g/mol. The second kappa shape index (κ2) is 9.08. The van der Waals surface area contributed by atoms with Crippen LogP contribution in [0.3, 0.4) is 0 Å². The highest BCUT2D eigenvalue weighted by molar-refractivity contribution is 7.15. The molecule has 1 aromatic heterocycles. The van der Waals surface area contributed by atoms with E-state index in [-0.39, 0.29) is 6.10 Å². The third kappa shape index (κ3) is 4.69. The summed E-state index contributed by atoms with van der Waals surface area (Å²) in [4.78, 5) is 19.5. The number of para-hydroxylation sites is 1. The predicted octanol–water partition coefficient (Wildman–Crippen LogP) is 5.77. The highest BCUT2D eigenvalue weighted by Crippen LogP contribution is 2.30. The van der Waals surface area contributed by atoms with Crippen LogP contribution in [-0.2, 0) is 11.3 Å². The lowest BCUT2D eigenvalue weighted by molar-refractivity contribution is 0.0327. The molecule has 1 aliphatic heterocycles. The highest BCUT2D eigenvalue weighted by atomic mass is 35.5. The molecule has 29 heavy (non-hydrogen) atoms. The number of aryl methyl sites for hydroxylation is 1. The van der Waals surface area contributed by atoms with Crippen molar-refractivity contribution in [1.29, 1.82) is 0 Å². The van der Waals surface area contributed by atoms with Crippen LogP contribution in [0.2, 0.25) is 5.02 Å². The lowest BCUT2D eigenvalue weighted by Gasteiger charge is -2.34. The summed E-state index contributed by atoms with van der Waals surface area (Å²) in [5.41, 5.74) is 3.82. The molecule has 0 bridgehead atoms. The first-order chi connectivity index (χ1) is 14.1. The van der Waals surface area contributed by atoms with Gasteiger partial charge >= 0.3 is 0 Å². The molecule has 2 aromatic carbocycles. The lowest BCUT2D eigenvalue weighted by Crippen LogP contribution is -2.40. The van der Waals surface area contributed by atoms with Gasteiger partial charge in [-0.15, -0.1) is 11.3 Å². The van der Waals surface area contributed by atoms with E-state index in [1.54, 1.807) is 11.3 Å². The smallest absolute Gasteiger partial charge is 0.152 e. The van der Waals surface area contributed by atoms with E-state index in [0.29, 0.717) is 6.61 Å². The zero-order chi connectivity index (χ0) is 20.2. The van der Waals surface area contributed by atoms with Gasteiger partial charge in [0.25, 0.3) is 0 Å². The summed E-state index contributed by atoms with van der Waals surface area (Å²) < 4.78 is 6.26. The van der Waals surface area contributed by atoms with Crippen molar-refractivity contribution in [3.8, 4) is 10.6 Å². The maximum Gasteiger partial charge on any atom is 0.152 e. The SMILES string of the molecule is Cc1nc(-c2ccc(Cl)cc2)sc1COC1CCCN(c2ccccc2C=O)C1. The molecular weight excluding hydrogens is 404 g/mol. The first-order valence-corrected chi connectivity index (χ1v) is 11.0. The van der Waals surface area contributed by atoms with Crippen LogP contribution in [0.15, 0.2) is 48.5 Å². The Hall–Kier alpha value is -2.21. The summed E-state index contributed by atoms with van der Waals surface area (Å²) in [5.74, 6) is 0. The van der Waals surface area contributed by atoms with Crippen molar-refractivity contribution in [2.45, 2.75) is 32.5 Å². The maximum absolute atomic E-state index is 11.4. The van der Waals surface area contributed by atoms with Gasteiger partial charge in [-0.25, -0.2) is 4.98 Å². The molecule has 0 N–H and O–H groups in total. The van der Waals surface area contributed by atoms with Gasteiger partial charge in [0.1, 0.15) is 5.01 Å². The van der Waals surface area contributed by atoms with Crippen LogP contribution in [0.5, 0.6) is 0 Å². The normalized spacial score (nSPS) is 16.8. The number of aldehydes is 1. The number of thiazole rings is 1. The maximum atomic E-state index is 11.4. The molecule has 4 rings (SSSR count). The van der Waals surface area contributed by atoms with Crippen LogP contribution < -0.4 is 4.90 Å². The number of piperidine rings is 1. The van der Waals surface area contributed by atoms with Gasteiger partial charge in [0.2, 0.25) is 0 Å². The number of ether oxygens (including phenoxy) is 1. The van der Waals surface area contributed by atoms with E-state index in [1.807, 2.05) is 55.5 Å². The molecule has 0 radical (unpaired) electrons. The fourth-order valence-corrected chi connectivity index (χ4v) is 4.76. The number of carbonyl (C=O) groups excluding carboxylic acids is 1. The molecule has 150 valence electrons. The number of benzene rings is 2. The van der Waals surface area contributed by atoms with Crippen LogP contribution in [-0.4, -0.2) is 30.5 Å². The Bertz CT molecular complexity index is 987. The minimum atomic E-state index is 0.143. The summed E-state index contributed by atoms with van der Waals surface area (Å²) in [6.45, 7) is 4.34. The van der Waals surface area contributed by atoms with Crippen LogP contribution in [0.4, 0.5) is 5.69 Å². The Labute approximate surface area is 180 Å². The number of hydrogen-bond acceptors (Lipinski definition) is 5. The minimum Gasteiger partial charge on any atom is -0.371 e. The van der Waals surface area contributed by atoms with Crippen LogP contribution >= 0.6 is 22.9 Å². The van der Waals surface area contributed by atoms with E-state index in [1.165, 1.54) is 0 Å². The molecule has 0 aliphatic carbocycles. The third-order valence-electron chi connectivity index (χ3n) is 5.22. The molecule has 0 spiro atoms. The Morgan fingerprint density at radius 2 is 2.03 bits per heavy atom. The van der Waals surface area contributed by atoms with Crippen molar-refractivity contribution < 1.29 is 9.53 Å². The van der Waals surface area contributed by atoms with Gasteiger partial charge in [-0.2, -0.15) is 0 Å². The Morgan fingerprint density at radius 1 is 1.24 bits per heavy atom. The van der Waals surface area contributed by atoms with Crippen molar-refractivity contribution in [3.05, 3.63) is 69.7 Å². The third-order valence-corrected chi connectivity index (χ3v) is 6.65. The topological polar surface area (TPSA) is 42.4 Å². The summed E-state index contributed by atoms with van der Waals surface area (Å²) in [7, 11) is 0. The van der Waals surface area contributed by atoms with Gasteiger partial charge in [-0.3, -0.25) is 4.79 Å². The van der Waals surface area contributed by atoms with E-state index in [2.05, 4.69) is 4.90 Å². The lowest BCUT2D eigenvalue weighted by atomic mass is 10.1. The van der Waals surface area contributed by atoms with E-state index in [0.717, 1.165) is 69.6 Å². The van der Waals surface area contributed by atoms with E-state index >= 15 is 0 Å². The Kier molecular flexibility index (Phi) is 6.28.